The van der Waals surface area contributed by atoms with Gasteiger partial charge in [0.15, 0.2) is 0 Å². The third kappa shape index (κ3) is 3.81. The summed E-state index contributed by atoms with van der Waals surface area (Å²) in [7, 11) is 0. The van der Waals surface area contributed by atoms with Crippen LogP contribution in [0.1, 0.15) is 34.9 Å². The average Bonchev–Trinajstić information content (AvgIpc) is 3.07. The summed E-state index contributed by atoms with van der Waals surface area (Å²) >= 11 is 0. The lowest BCUT2D eigenvalue weighted by Gasteiger charge is -2.25. The third-order valence-corrected chi connectivity index (χ3v) is 4.33. The number of piperidine rings is 1. The first-order valence-electron chi connectivity index (χ1n) is 8.16. The van der Waals surface area contributed by atoms with E-state index < -0.39 is 0 Å². The number of carbonyl (C=O) groups is 1. The van der Waals surface area contributed by atoms with Crippen LogP contribution >= 0.6 is 0 Å². The van der Waals surface area contributed by atoms with Crippen LogP contribution in [0, 0.1) is 0 Å². The molecule has 1 aliphatic rings. The molecule has 0 spiro atoms. The molecule has 1 fully saturated rings. The largest absolute Gasteiger partial charge is 0.396 e. The van der Waals surface area contributed by atoms with E-state index in [0.717, 1.165) is 37.2 Å². The van der Waals surface area contributed by atoms with E-state index in [0.29, 0.717) is 18.2 Å². The Bertz CT molecular complexity index is 643. The molecule has 0 saturated carbocycles. The van der Waals surface area contributed by atoms with E-state index in [1.165, 1.54) is 0 Å². The van der Waals surface area contributed by atoms with Crippen LogP contribution in [0.5, 0.6) is 0 Å². The molecule has 1 amide bonds. The second-order valence-electron chi connectivity index (χ2n) is 5.91. The number of benzene rings is 1. The number of hydrogen-bond donors (Lipinski definition) is 3. The minimum atomic E-state index is -0.0801. The zero-order valence-electron chi connectivity index (χ0n) is 13.2. The molecule has 1 aliphatic heterocycles. The fourth-order valence-corrected chi connectivity index (χ4v) is 3.07. The van der Waals surface area contributed by atoms with Crippen molar-refractivity contribution in [1.82, 2.24) is 9.88 Å². The predicted molar refractivity (Wildman–Crippen MR) is 90.8 cm³/mol. The molecule has 1 saturated heterocycles. The maximum absolute atomic E-state index is 12.6. The van der Waals surface area contributed by atoms with Crippen LogP contribution in [0.25, 0.3) is 0 Å². The van der Waals surface area contributed by atoms with Crippen LogP contribution in [-0.4, -0.2) is 35.3 Å². The van der Waals surface area contributed by atoms with Crippen molar-refractivity contribution in [2.75, 3.05) is 25.0 Å². The molecule has 0 unspecified atom stereocenters. The highest BCUT2D eigenvalue weighted by Crippen LogP contribution is 2.22. The second kappa shape index (κ2) is 7.44. The van der Waals surface area contributed by atoms with Gasteiger partial charge in [0.05, 0.1) is 0 Å². The Morgan fingerprint density at radius 3 is 2.65 bits per heavy atom. The average molecular weight is 313 g/mol. The van der Waals surface area contributed by atoms with E-state index in [2.05, 4.69) is 15.2 Å². The molecule has 2 aromatic rings. The van der Waals surface area contributed by atoms with Gasteiger partial charge in [-0.25, -0.2) is 0 Å². The molecule has 0 atom stereocenters. The van der Waals surface area contributed by atoms with E-state index in [-0.39, 0.29) is 12.5 Å². The van der Waals surface area contributed by atoms with Crippen LogP contribution in [0.3, 0.4) is 0 Å². The second-order valence-corrected chi connectivity index (χ2v) is 5.91. The number of amides is 1. The summed E-state index contributed by atoms with van der Waals surface area (Å²) in [5.41, 5.74) is 2.54. The Kier molecular flexibility index (Phi) is 5.10. The van der Waals surface area contributed by atoms with Crippen molar-refractivity contribution in [3.05, 3.63) is 53.9 Å². The summed E-state index contributed by atoms with van der Waals surface area (Å²) in [6.07, 6.45) is 4.72. The number of aliphatic hydroxyl groups excluding tert-OH is 1. The first kappa shape index (κ1) is 15.8. The minimum absolute atomic E-state index is 0.0801. The number of carbonyl (C=O) groups excluding carboxylic acids is 1. The van der Waals surface area contributed by atoms with Gasteiger partial charge in [-0.05, 0) is 62.2 Å². The maximum atomic E-state index is 12.6. The lowest BCUT2D eigenvalue weighted by molar-refractivity contribution is 0.101. The number of anilines is 1. The zero-order chi connectivity index (χ0) is 16.1. The highest BCUT2D eigenvalue weighted by Gasteiger charge is 2.19. The molecular formula is C18H23N3O2. The molecule has 1 aromatic heterocycles. The van der Waals surface area contributed by atoms with Crippen molar-refractivity contribution < 1.29 is 9.90 Å². The molecule has 23 heavy (non-hydrogen) atoms. The normalized spacial score (nSPS) is 15.5. The topological polar surface area (TPSA) is 66.3 Å². The lowest BCUT2D eigenvalue weighted by atomic mass is 10.1. The molecule has 3 rings (SSSR count). The maximum Gasteiger partial charge on any atom is 0.272 e. The van der Waals surface area contributed by atoms with Gasteiger partial charge in [0, 0.05) is 24.5 Å². The fraction of sp³-hybridized carbons (Fsp3) is 0.389. The lowest BCUT2D eigenvalue weighted by Crippen LogP contribution is -2.31. The quantitative estimate of drug-likeness (QED) is 0.793. The zero-order valence-corrected chi connectivity index (χ0v) is 13.2. The Morgan fingerprint density at radius 1 is 1.22 bits per heavy atom. The number of nitrogens with zero attached hydrogens (tertiary/aromatic N) is 1. The first-order chi connectivity index (χ1) is 11.3. The van der Waals surface area contributed by atoms with Crippen molar-refractivity contribution in [2.45, 2.75) is 25.3 Å². The summed E-state index contributed by atoms with van der Waals surface area (Å²) < 4.78 is 2.09. The monoisotopic (exact) mass is 313 g/mol. The van der Waals surface area contributed by atoms with E-state index >= 15 is 0 Å². The summed E-state index contributed by atoms with van der Waals surface area (Å²) in [5.74, 6) is -0.0801. The molecule has 3 N–H and O–H groups in total. The predicted octanol–water partition coefficient (Wildman–Crippen LogP) is 2.20. The third-order valence-electron chi connectivity index (χ3n) is 4.33. The molecule has 0 aliphatic carbocycles. The van der Waals surface area contributed by atoms with Crippen LogP contribution in [0.15, 0.2) is 42.6 Å². The smallest absolute Gasteiger partial charge is 0.272 e. The van der Waals surface area contributed by atoms with Gasteiger partial charge in [-0.15, -0.1) is 0 Å². The van der Waals surface area contributed by atoms with Crippen molar-refractivity contribution in [3.8, 4) is 0 Å². The Balaban J connectivity index is 1.69. The van der Waals surface area contributed by atoms with Crippen molar-refractivity contribution >= 4 is 11.6 Å². The number of rotatable bonds is 5. The molecule has 0 radical (unpaired) electrons. The van der Waals surface area contributed by atoms with E-state index in [4.69, 9.17) is 5.11 Å². The molecule has 5 nitrogen and oxygen atoms in total. The van der Waals surface area contributed by atoms with Gasteiger partial charge in [-0.1, -0.05) is 12.1 Å². The molecular weight excluding hydrogens is 290 g/mol. The summed E-state index contributed by atoms with van der Waals surface area (Å²) in [6, 6.07) is 11.8. The van der Waals surface area contributed by atoms with Gasteiger partial charge in [-0.2, -0.15) is 0 Å². The van der Waals surface area contributed by atoms with Gasteiger partial charge in [0.25, 0.3) is 5.91 Å². The molecule has 2 heterocycles. The molecule has 5 heteroatoms. The molecule has 1 aromatic carbocycles. The number of hydrogen-bond acceptors (Lipinski definition) is 3. The van der Waals surface area contributed by atoms with Gasteiger partial charge < -0.3 is 20.3 Å². The van der Waals surface area contributed by atoms with Crippen LogP contribution < -0.4 is 10.6 Å². The SMILES string of the molecule is O=C(Nc1ccc(CCO)cc1)c1cccn1C1CCNCC1. The van der Waals surface area contributed by atoms with Crippen molar-refractivity contribution in [1.29, 1.82) is 0 Å². The van der Waals surface area contributed by atoms with Crippen molar-refractivity contribution in [2.24, 2.45) is 0 Å². The Labute approximate surface area is 136 Å². The first-order valence-corrected chi connectivity index (χ1v) is 8.16. The number of aliphatic hydroxyl groups is 1. The van der Waals surface area contributed by atoms with Gasteiger partial charge in [0.2, 0.25) is 0 Å². The Hall–Kier alpha value is -2.11. The highest BCUT2D eigenvalue weighted by atomic mass is 16.3. The Morgan fingerprint density at radius 2 is 1.96 bits per heavy atom. The highest BCUT2D eigenvalue weighted by molar-refractivity contribution is 6.03. The molecule has 0 bridgehead atoms. The van der Waals surface area contributed by atoms with E-state index in [1.807, 2.05) is 42.6 Å². The standard InChI is InChI=1S/C18H23N3O2/c22-13-9-14-3-5-15(6-4-14)20-18(23)17-2-1-12-21(17)16-7-10-19-11-8-16/h1-6,12,16,19,22H,7-11,13H2,(H,20,23). The molecule has 122 valence electrons. The number of nitrogens with one attached hydrogen (secondary N) is 2. The van der Waals surface area contributed by atoms with E-state index in [1.54, 1.807) is 0 Å². The van der Waals surface area contributed by atoms with Crippen LogP contribution in [-0.2, 0) is 6.42 Å². The summed E-state index contributed by atoms with van der Waals surface area (Å²) in [6.45, 7) is 2.13. The van der Waals surface area contributed by atoms with Gasteiger partial charge in [0.1, 0.15) is 5.69 Å². The van der Waals surface area contributed by atoms with Crippen LogP contribution in [0.2, 0.25) is 0 Å². The van der Waals surface area contributed by atoms with Crippen molar-refractivity contribution in [3.63, 3.8) is 0 Å². The fourth-order valence-electron chi connectivity index (χ4n) is 3.07. The number of aromatic nitrogens is 1. The van der Waals surface area contributed by atoms with Gasteiger partial charge in [-0.3, -0.25) is 4.79 Å². The van der Waals surface area contributed by atoms with Crippen LogP contribution in [0.4, 0.5) is 5.69 Å². The van der Waals surface area contributed by atoms with Gasteiger partial charge >= 0.3 is 0 Å². The summed E-state index contributed by atoms with van der Waals surface area (Å²) in [5, 5.41) is 15.2. The minimum Gasteiger partial charge on any atom is -0.396 e. The summed E-state index contributed by atoms with van der Waals surface area (Å²) in [4.78, 5) is 12.6. The van der Waals surface area contributed by atoms with E-state index in [9.17, 15) is 4.79 Å².